The van der Waals surface area contributed by atoms with Crippen LogP contribution in [0, 0.1) is 0 Å². The number of anilines is 2. The van der Waals surface area contributed by atoms with Gasteiger partial charge in [0.1, 0.15) is 6.54 Å². The van der Waals surface area contributed by atoms with E-state index in [2.05, 4.69) is 0 Å². The molecule has 0 saturated heterocycles. The lowest BCUT2D eigenvalue weighted by molar-refractivity contribution is -0.135. The second kappa shape index (κ2) is 6.79. The first kappa shape index (κ1) is 14.9. The van der Waals surface area contributed by atoms with Gasteiger partial charge in [-0.1, -0.05) is 30.3 Å². The minimum Gasteiger partial charge on any atom is -0.480 e. The number of para-hydroxylation sites is 1. The minimum atomic E-state index is -0.830. The van der Waals surface area contributed by atoms with Crippen molar-refractivity contribution >= 4 is 17.3 Å². The lowest BCUT2D eigenvalue weighted by atomic mass is 10.1. The normalized spacial score (nSPS) is 10.2. The molecule has 2 aromatic rings. The van der Waals surface area contributed by atoms with Crippen molar-refractivity contribution in [2.24, 2.45) is 0 Å². The molecule has 110 valence electrons. The second-order valence-corrected chi connectivity index (χ2v) is 5.15. The monoisotopic (exact) mass is 284 g/mol. The molecule has 0 unspecified atom stereocenters. The van der Waals surface area contributed by atoms with Crippen LogP contribution in [0.5, 0.6) is 0 Å². The molecular formula is C17H20N2O2. The summed E-state index contributed by atoms with van der Waals surface area (Å²) in [6, 6.07) is 17.8. The van der Waals surface area contributed by atoms with E-state index in [0.717, 1.165) is 16.9 Å². The molecule has 0 aliphatic carbocycles. The summed E-state index contributed by atoms with van der Waals surface area (Å²) in [5.74, 6) is -0.830. The molecule has 0 radical (unpaired) electrons. The standard InChI is InChI=1S/C17H20N2O2/c1-18(2)15-10-8-14(9-11-15)12-19(13-17(20)21)16-6-4-3-5-7-16/h3-11H,12-13H2,1-2H3,(H,20,21). The van der Waals surface area contributed by atoms with Crippen LogP contribution in [0.25, 0.3) is 0 Å². The first-order chi connectivity index (χ1) is 10.1. The largest absolute Gasteiger partial charge is 0.480 e. The smallest absolute Gasteiger partial charge is 0.323 e. The molecule has 0 aliphatic heterocycles. The third-order valence-corrected chi connectivity index (χ3v) is 3.27. The number of benzene rings is 2. The third-order valence-electron chi connectivity index (χ3n) is 3.27. The Labute approximate surface area is 125 Å². The zero-order valence-corrected chi connectivity index (χ0v) is 12.4. The summed E-state index contributed by atoms with van der Waals surface area (Å²) in [4.78, 5) is 15.0. The molecule has 4 heteroatoms. The fraction of sp³-hybridized carbons (Fsp3) is 0.235. The first-order valence-corrected chi connectivity index (χ1v) is 6.84. The van der Waals surface area contributed by atoms with E-state index in [4.69, 9.17) is 5.11 Å². The van der Waals surface area contributed by atoms with E-state index in [9.17, 15) is 4.79 Å². The summed E-state index contributed by atoms with van der Waals surface area (Å²) in [7, 11) is 3.99. The maximum Gasteiger partial charge on any atom is 0.323 e. The van der Waals surface area contributed by atoms with Crippen LogP contribution in [-0.4, -0.2) is 31.7 Å². The summed E-state index contributed by atoms with van der Waals surface area (Å²) in [6.07, 6.45) is 0. The van der Waals surface area contributed by atoms with Gasteiger partial charge in [0.15, 0.2) is 0 Å². The molecule has 0 fully saturated rings. The van der Waals surface area contributed by atoms with Gasteiger partial charge in [-0.25, -0.2) is 0 Å². The van der Waals surface area contributed by atoms with Crippen LogP contribution in [0.4, 0.5) is 11.4 Å². The van der Waals surface area contributed by atoms with Crippen molar-refractivity contribution in [3.8, 4) is 0 Å². The van der Waals surface area contributed by atoms with Gasteiger partial charge in [-0.15, -0.1) is 0 Å². The Bertz CT molecular complexity index is 579. The van der Waals surface area contributed by atoms with Gasteiger partial charge in [-0.05, 0) is 29.8 Å². The molecule has 0 aliphatic rings. The van der Waals surface area contributed by atoms with E-state index in [0.29, 0.717) is 6.54 Å². The van der Waals surface area contributed by atoms with Gasteiger partial charge in [0.05, 0.1) is 0 Å². The molecule has 0 saturated carbocycles. The average Bonchev–Trinajstić information content (AvgIpc) is 2.47. The molecule has 0 spiro atoms. The van der Waals surface area contributed by atoms with Gasteiger partial charge in [-0.3, -0.25) is 4.79 Å². The Morgan fingerprint density at radius 2 is 1.57 bits per heavy atom. The quantitative estimate of drug-likeness (QED) is 0.886. The van der Waals surface area contributed by atoms with Crippen molar-refractivity contribution in [2.75, 3.05) is 30.4 Å². The van der Waals surface area contributed by atoms with Crippen molar-refractivity contribution < 1.29 is 9.90 Å². The van der Waals surface area contributed by atoms with E-state index in [-0.39, 0.29) is 6.54 Å². The van der Waals surface area contributed by atoms with E-state index in [1.807, 2.05) is 78.5 Å². The van der Waals surface area contributed by atoms with E-state index in [1.54, 1.807) is 0 Å². The SMILES string of the molecule is CN(C)c1ccc(CN(CC(=O)O)c2ccccc2)cc1. The van der Waals surface area contributed by atoms with Crippen LogP contribution in [0.1, 0.15) is 5.56 Å². The number of rotatable bonds is 6. The topological polar surface area (TPSA) is 43.8 Å². The lowest BCUT2D eigenvalue weighted by Gasteiger charge is -2.23. The number of carboxylic acid groups (broad SMARTS) is 1. The number of carboxylic acids is 1. The molecule has 1 N–H and O–H groups in total. The van der Waals surface area contributed by atoms with Crippen LogP contribution < -0.4 is 9.80 Å². The van der Waals surface area contributed by atoms with Crippen molar-refractivity contribution in [3.05, 3.63) is 60.2 Å². The molecular weight excluding hydrogens is 264 g/mol. The van der Waals surface area contributed by atoms with E-state index < -0.39 is 5.97 Å². The Kier molecular flexibility index (Phi) is 4.82. The number of nitrogens with zero attached hydrogens (tertiary/aromatic N) is 2. The molecule has 0 atom stereocenters. The first-order valence-electron chi connectivity index (χ1n) is 6.84. The van der Waals surface area contributed by atoms with Crippen molar-refractivity contribution in [2.45, 2.75) is 6.54 Å². The highest BCUT2D eigenvalue weighted by atomic mass is 16.4. The van der Waals surface area contributed by atoms with E-state index >= 15 is 0 Å². The van der Waals surface area contributed by atoms with Gasteiger partial charge < -0.3 is 14.9 Å². The summed E-state index contributed by atoms with van der Waals surface area (Å²) < 4.78 is 0. The van der Waals surface area contributed by atoms with Crippen LogP contribution in [0.2, 0.25) is 0 Å². The molecule has 2 aromatic carbocycles. The van der Waals surface area contributed by atoms with Crippen LogP contribution in [-0.2, 0) is 11.3 Å². The summed E-state index contributed by atoms with van der Waals surface area (Å²) in [6.45, 7) is 0.559. The van der Waals surface area contributed by atoms with Gasteiger partial charge in [0.25, 0.3) is 0 Å². The highest BCUT2D eigenvalue weighted by molar-refractivity contribution is 5.73. The van der Waals surface area contributed by atoms with Crippen molar-refractivity contribution in [1.82, 2.24) is 0 Å². The molecule has 21 heavy (non-hydrogen) atoms. The maximum atomic E-state index is 11.1. The fourth-order valence-electron chi connectivity index (χ4n) is 2.16. The predicted molar refractivity (Wildman–Crippen MR) is 85.9 cm³/mol. The summed E-state index contributed by atoms with van der Waals surface area (Å²) in [5, 5.41) is 9.09. The highest BCUT2D eigenvalue weighted by Crippen LogP contribution is 2.18. The number of carbonyl (C=O) groups is 1. The van der Waals surface area contributed by atoms with Gasteiger partial charge in [0, 0.05) is 32.0 Å². The Morgan fingerprint density at radius 1 is 0.952 bits per heavy atom. The maximum absolute atomic E-state index is 11.1. The fourth-order valence-corrected chi connectivity index (χ4v) is 2.16. The molecule has 0 amide bonds. The highest BCUT2D eigenvalue weighted by Gasteiger charge is 2.11. The van der Waals surface area contributed by atoms with Gasteiger partial charge in [0.2, 0.25) is 0 Å². The number of hydrogen-bond donors (Lipinski definition) is 1. The summed E-state index contributed by atoms with van der Waals surface area (Å²) >= 11 is 0. The Balaban J connectivity index is 2.17. The van der Waals surface area contributed by atoms with Crippen LogP contribution in [0.3, 0.4) is 0 Å². The lowest BCUT2D eigenvalue weighted by Crippen LogP contribution is -2.29. The predicted octanol–water partition coefficient (Wildman–Crippen LogP) is 2.84. The second-order valence-electron chi connectivity index (χ2n) is 5.15. The van der Waals surface area contributed by atoms with Crippen molar-refractivity contribution in [3.63, 3.8) is 0 Å². The van der Waals surface area contributed by atoms with Gasteiger partial charge in [-0.2, -0.15) is 0 Å². The summed E-state index contributed by atoms with van der Waals surface area (Å²) in [5.41, 5.74) is 3.13. The molecule has 4 nitrogen and oxygen atoms in total. The third kappa shape index (κ3) is 4.24. The minimum absolute atomic E-state index is 0.0144. The Morgan fingerprint density at radius 3 is 2.10 bits per heavy atom. The van der Waals surface area contributed by atoms with Crippen molar-refractivity contribution in [1.29, 1.82) is 0 Å². The molecule has 0 bridgehead atoms. The van der Waals surface area contributed by atoms with E-state index in [1.165, 1.54) is 0 Å². The number of aliphatic carboxylic acids is 1. The molecule has 0 aromatic heterocycles. The molecule has 0 heterocycles. The zero-order chi connectivity index (χ0) is 15.2. The Hall–Kier alpha value is -2.49. The number of hydrogen-bond acceptors (Lipinski definition) is 3. The van der Waals surface area contributed by atoms with Gasteiger partial charge >= 0.3 is 5.97 Å². The zero-order valence-electron chi connectivity index (χ0n) is 12.4. The molecule has 2 rings (SSSR count). The van der Waals surface area contributed by atoms with Crippen LogP contribution in [0.15, 0.2) is 54.6 Å². The van der Waals surface area contributed by atoms with Crippen LogP contribution >= 0.6 is 0 Å². The average molecular weight is 284 g/mol.